The molecule has 2 fully saturated rings. The predicted molar refractivity (Wildman–Crippen MR) is 102 cm³/mol. The molecule has 0 N–H and O–H groups in total. The zero-order valence-corrected chi connectivity index (χ0v) is 16.0. The first-order valence-corrected chi connectivity index (χ1v) is 10.5. The second-order valence-electron chi connectivity index (χ2n) is 6.96. The van der Waals surface area contributed by atoms with Crippen molar-refractivity contribution in [1.82, 2.24) is 14.2 Å². The number of alkyl halides is 1. The maximum Gasteiger partial charge on any atom is 0.261 e. The van der Waals surface area contributed by atoms with Crippen molar-refractivity contribution in [3.05, 3.63) is 71.4 Å². The second-order valence-corrected chi connectivity index (χ2v) is 8.84. The van der Waals surface area contributed by atoms with Crippen LogP contribution in [0.1, 0.15) is 11.5 Å². The van der Waals surface area contributed by atoms with E-state index in [4.69, 9.17) is 0 Å². The van der Waals surface area contributed by atoms with E-state index in [1.165, 1.54) is 16.6 Å². The van der Waals surface area contributed by atoms with Gasteiger partial charge >= 0.3 is 0 Å². The summed E-state index contributed by atoms with van der Waals surface area (Å²) in [6.07, 6.45) is 1.45. The summed E-state index contributed by atoms with van der Waals surface area (Å²) in [6, 6.07) is 13.7. The molecule has 0 saturated carbocycles. The molecule has 3 heterocycles. The highest BCUT2D eigenvalue weighted by Gasteiger charge is 2.39. The van der Waals surface area contributed by atoms with Crippen LogP contribution in [0.3, 0.4) is 0 Å². The summed E-state index contributed by atoms with van der Waals surface area (Å²) in [5.41, 5.74) is 2.76. The number of aromatic nitrogens is 1. The van der Waals surface area contributed by atoms with Crippen LogP contribution < -0.4 is 0 Å². The molecule has 1 amide bonds. The van der Waals surface area contributed by atoms with E-state index in [0.29, 0.717) is 31.7 Å². The number of pyridine rings is 1. The number of nitrogens with zero attached hydrogens (tertiary/aromatic N) is 3. The highest BCUT2D eigenvalue weighted by Crippen LogP contribution is 2.31. The van der Waals surface area contributed by atoms with Crippen LogP contribution in [0.4, 0.5) is 4.39 Å². The maximum atomic E-state index is 13.5. The van der Waals surface area contributed by atoms with Gasteiger partial charge in [-0.3, -0.25) is 4.79 Å². The Morgan fingerprint density at radius 3 is 2.25 bits per heavy atom. The number of carbonyl (C=O) groups excluding carboxylic acids is 1. The Bertz CT molecular complexity index is 994. The average molecular weight is 401 g/mol. The fourth-order valence-electron chi connectivity index (χ4n) is 3.40. The van der Waals surface area contributed by atoms with Crippen LogP contribution in [0.15, 0.2) is 70.9 Å². The molecule has 146 valence electrons. The molecule has 1 aromatic carbocycles. The number of rotatable bonds is 5. The molecule has 0 bridgehead atoms. The molecule has 8 heteroatoms. The Hall–Kier alpha value is -2.58. The highest BCUT2D eigenvalue weighted by atomic mass is 32.2. The van der Waals surface area contributed by atoms with Crippen LogP contribution in [0, 0.1) is 0 Å². The Morgan fingerprint density at radius 2 is 1.64 bits per heavy atom. The molecular formula is C20H20FN3O3S. The Kier molecular flexibility index (Phi) is 4.99. The van der Waals surface area contributed by atoms with Crippen LogP contribution in [-0.2, 0) is 14.8 Å². The lowest BCUT2D eigenvalue weighted by Crippen LogP contribution is -2.52. The van der Waals surface area contributed by atoms with Crippen molar-refractivity contribution in [2.24, 2.45) is 0 Å². The van der Waals surface area contributed by atoms with Crippen molar-refractivity contribution in [2.45, 2.75) is 10.9 Å². The van der Waals surface area contributed by atoms with Gasteiger partial charge in [-0.2, -0.15) is 4.31 Å². The highest BCUT2D eigenvalue weighted by molar-refractivity contribution is 7.89. The molecule has 28 heavy (non-hydrogen) atoms. The number of likely N-dealkylation sites (tertiary alicyclic amines) is 1. The van der Waals surface area contributed by atoms with E-state index in [2.05, 4.69) is 4.98 Å². The van der Waals surface area contributed by atoms with Gasteiger partial charge in [-0.1, -0.05) is 36.4 Å². The van der Waals surface area contributed by atoms with Gasteiger partial charge in [0, 0.05) is 32.4 Å². The van der Waals surface area contributed by atoms with Gasteiger partial charge in [0.2, 0.25) is 5.91 Å². The lowest BCUT2D eigenvalue weighted by atomic mass is 9.93. The number of carbonyl (C=O) groups is 1. The number of hydrogen-bond donors (Lipinski definition) is 0. The predicted octanol–water partition coefficient (Wildman–Crippen LogP) is 1.98. The third kappa shape index (κ3) is 3.33. The first kappa shape index (κ1) is 18.8. The van der Waals surface area contributed by atoms with E-state index < -0.39 is 22.6 Å². The van der Waals surface area contributed by atoms with Gasteiger partial charge in [-0.25, -0.2) is 17.8 Å². The monoisotopic (exact) mass is 401 g/mol. The van der Waals surface area contributed by atoms with E-state index in [9.17, 15) is 17.6 Å². The van der Waals surface area contributed by atoms with Crippen LogP contribution >= 0.6 is 0 Å². The maximum absolute atomic E-state index is 13.5. The van der Waals surface area contributed by atoms with E-state index in [1.54, 1.807) is 41.3 Å². The lowest BCUT2D eigenvalue weighted by Gasteiger charge is -2.42. The summed E-state index contributed by atoms with van der Waals surface area (Å²) in [4.78, 5) is 18.1. The molecule has 1 aromatic heterocycles. The minimum Gasteiger partial charge on any atom is -0.334 e. The summed E-state index contributed by atoms with van der Waals surface area (Å²) in [6.45, 7) is 0.786. The lowest BCUT2D eigenvalue weighted by molar-refractivity contribution is -0.134. The van der Waals surface area contributed by atoms with Crippen molar-refractivity contribution in [3.8, 4) is 0 Å². The minimum atomic E-state index is -3.58. The Morgan fingerprint density at radius 1 is 1.00 bits per heavy atom. The smallest absolute Gasteiger partial charge is 0.261 e. The van der Waals surface area contributed by atoms with Gasteiger partial charge in [0.1, 0.15) is 6.67 Å². The van der Waals surface area contributed by atoms with E-state index >= 15 is 0 Å². The molecule has 2 aromatic rings. The van der Waals surface area contributed by atoms with Crippen molar-refractivity contribution in [1.29, 1.82) is 0 Å². The number of sulfonamides is 1. The summed E-state index contributed by atoms with van der Waals surface area (Å²) >= 11 is 0. The fourth-order valence-corrected chi connectivity index (χ4v) is 4.76. The summed E-state index contributed by atoms with van der Waals surface area (Å²) in [5, 5.41) is 0.0399. The third-order valence-electron chi connectivity index (χ3n) is 5.21. The average Bonchev–Trinajstić information content (AvgIpc) is 2.64. The number of benzene rings is 1. The minimum absolute atomic E-state index is 0.0399. The Balaban J connectivity index is 1.37. The van der Waals surface area contributed by atoms with Gasteiger partial charge in [-0.15, -0.1) is 0 Å². The molecule has 0 spiro atoms. The van der Waals surface area contributed by atoms with Gasteiger partial charge < -0.3 is 4.90 Å². The number of hydrogen-bond acceptors (Lipinski definition) is 4. The third-order valence-corrected chi connectivity index (χ3v) is 6.91. The summed E-state index contributed by atoms with van der Waals surface area (Å²) < 4.78 is 39.8. The molecular weight excluding hydrogens is 381 g/mol. The second kappa shape index (κ2) is 7.44. The normalized spacial score (nSPS) is 18.4. The van der Waals surface area contributed by atoms with Crippen LogP contribution in [0.2, 0.25) is 0 Å². The van der Waals surface area contributed by atoms with Gasteiger partial charge in [0.15, 0.2) is 5.03 Å². The standard InChI is InChI=1S/C20H20FN3O3S/c21-10-18(15-6-2-1-3-7-15)20(25)23-11-16(12-23)17-13-24(14-17)28(26,27)19-8-4-5-9-22-19/h1-9,18H,10-14H2. The fraction of sp³-hybridized carbons (Fsp3) is 0.300. The molecule has 0 aliphatic carbocycles. The van der Waals surface area contributed by atoms with E-state index in [-0.39, 0.29) is 10.9 Å². The van der Waals surface area contributed by atoms with Gasteiger partial charge in [0.25, 0.3) is 10.0 Å². The van der Waals surface area contributed by atoms with Gasteiger partial charge in [0.05, 0.1) is 5.92 Å². The SMILES string of the molecule is O=C(C(CF)c1ccccc1)N1CC(=C2CN(S(=O)(=O)c3ccccn3)C2)C1. The van der Waals surface area contributed by atoms with Crippen molar-refractivity contribution < 1.29 is 17.6 Å². The van der Waals surface area contributed by atoms with Crippen molar-refractivity contribution >= 4 is 15.9 Å². The molecule has 2 aliphatic heterocycles. The first-order valence-electron chi connectivity index (χ1n) is 9.01. The van der Waals surface area contributed by atoms with Crippen molar-refractivity contribution in [2.75, 3.05) is 32.9 Å². The number of halogens is 1. The molecule has 1 atom stereocenters. The molecule has 1 unspecified atom stereocenters. The molecule has 2 saturated heterocycles. The zero-order valence-electron chi connectivity index (χ0n) is 15.2. The first-order chi connectivity index (χ1) is 13.5. The van der Waals surface area contributed by atoms with Crippen LogP contribution in [0.25, 0.3) is 0 Å². The Labute approximate surface area is 163 Å². The summed E-state index contributed by atoms with van der Waals surface area (Å²) in [7, 11) is -3.58. The molecule has 0 radical (unpaired) electrons. The largest absolute Gasteiger partial charge is 0.334 e. The van der Waals surface area contributed by atoms with E-state index in [0.717, 1.165) is 11.1 Å². The van der Waals surface area contributed by atoms with E-state index in [1.807, 2.05) is 6.07 Å². The zero-order chi connectivity index (χ0) is 19.7. The quantitative estimate of drug-likeness (QED) is 0.719. The van der Waals surface area contributed by atoms with Crippen molar-refractivity contribution in [3.63, 3.8) is 0 Å². The molecule has 4 rings (SSSR count). The summed E-state index contributed by atoms with van der Waals surface area (Å²) in [5.74, 6) is -1.01. The molecule has 2 aliphatic rings. The topological polar surface area (TPSA) is 70.6 Å². The van der Waals surface area contributed by atoms with Crippen LogP contribution in [-0.4, -0.2) is 61.4 Å². The van der Waals surface area contributed by atoms with Gasteiger partial charge in [-0.05, 0) is 28.8 Å². The molecule has 6 nitrogen and oxygen atoms in total. The number of amides is 1. The van der Waals surface area contributed by atoms with Crippen LogP contribution in [0.5, 0.6) is 0 Å².